The van der Waals surface area contributed by atoms with Gasteiger partial charge in [-0.25, -0.2) is 0 Å². The number of amides is 2. The van der Waals surface area contributed by atoms with Crippen LogP contribution in [0.2, 0.25) is 0 Å². The molecule has 4 aromatic rings. The third-order valence-corrected chi connectivity index (χ3v) is 9.03. The molecule has 1 aromatic heterocycles. The van der Waals surface area contributed by atoms with Gasteiger partial charge in [0.05, 0.1) is 6.54 Å². The molecule has 0 bridgehead atoms. The van der Waals surface area contributed by atoms with Gasteiger partial charge in [-0.2, -0.15) is 0 Å². The highest BCUT2D eigenvalue weighted by Gasteiger charge is 2.52. The van der Waals surface area contributed by atoms with E-state index in [9.17, 15) is 9.59 Å². The molecule has 1 aliphatic carbocycles. The topological polar surface area (TPSA) is 54.3 Å². The lowest BCUT2D eigenvalue weighted by Crippen LogP contribution is -2.64. The van der Waals surface area contributed by atoms with Crippen LogP contribution in [0.5, 0.6) is 0 Å². The standard InChI is InChI=1S/C35H39N3O2/c1-25-19-20-27-22-32-33(39)38(23-28-14-12-11-13-26(28)2)35(24-37(32)31(27)21-25,29-15-7-6-8-16-29)34(40)36-30-17-9-4-3-5-10-18-30/h6-8,11-16,19-22,30H,3-5,9-10,17-18,23-24H2,1-2H3,(H,36,40)/t35-/m0/s1. The van der Waals surface area contributed by atoms with Gasteiger partial charge in [0.1, 0.15) is 5.69 Å². The first-order valence-electron chi connectivity index (χ1n) is 14.8. The van der Waals surface area contributed by atoms with Crippen LogP contribution in [0.4, 0.5) is 0 Å². The van der Waals surface area contributed by atoms with Crippen molar-refractivity contribution >= 4 is 22.7 Å². The number of aromatic nitrogens is 1. The normalized spacial score (nSPS) is 20.1. The Bertz CT molecular complexity index is 1530. The van der Waals surface area contributed by atoms with Gasteiger partial charge in [0.15, 0.2) is 5.54 Å². The highest BCUT2D eigenvalue weighted by Crippen LogP contribution is 2.41. The van der Waals surface area contributed by atoms with Gasteiger partial charge in [-0.3, -0.25) is 9.59 Å². The number of nitrogens with zero attached hydrogens (tertiary/aromatic N) is 2. The minimum absolute atomic E-state index is 0.0774. The number of benzene rings is 3. The number of rotatable bonds is 5. The summed E-state index contributed by atoms with van der Waals surface area (Å²) in [5.41, 5.74) is 4.59. The van der Waals surface area contributed by atoms with Gasteiger partial charge in [0.25, 0.3) is 11.8 Å². The van der Waals surface area contributed by atoms with Crippen LogP contribution in [0.15, 0.2) is 78.9 Å². The van der Waals surface area contributed by atoms with E-state index in [1.165, 1.54) is 19.3 Å². The summed E-state index contributed by atoms with van der Waals surface area (Å²) in [6.07, 6.45) is 7.93. The monoisotopic (exact) mass is 533 g/mol. The zero-order valence-electron chi connectivity index (χ0n) is 23.7. The summed E-state index contributed by atoms with van der Waals surface area (Å²) in [6, 6.07) is 26.5. The fourth-order valence-electron chi connectivity index (χ4n) is 6.69. The molecule has 1 fully saturated rings. The Balaban J connectivity index is 1.53. The average Bonchev–Trinajstić information content (AvgIpc) is 3.30. The Morgan fingerprint density at radius 2 is 1.57 bits per heavy atom. The van der Waals surface area contributed by atoms with E-state index >= 15 is 0 Å². The molecule has 6 rings (SSSR count). The second-order valence-corrected chi connectivity index (χ2v) is 11.7. The summed E-state index contributed by atoms with van der Waals surface area (Å²) in [6.45, 7) is 4.87. The molecule has 2 heterocycles. The van der Waals surface area contributed by atoms with Crippen molar-refractivity contribution in [3.63, 3.8) is 0 Å². The van der Waals surface area contributed by atoms with E-state index in [2.05, 4.69) is 54.1 Å². The van der Waals surface area contributed by atoms with E-state index in [1.807, 2.05) is 53.4 Å². The van der Waals surface area contributed by atoms with Crippen LogP contribution in [0.1, 0.15) is 77.7 Å². The molecule has 3 aromatic carbocycles. The molecule has 40 heavy (non-hydrogen) atoms. The van der Waals surface area contributed by atoms with Crippen LogP contribution in [0.25, 0.3) is 10.9 Å². The molecule has 5 heteroatoms. The van der Waals surface area contributed by atoms with E-state index in [0.29, 0.717) is 18.8 Å². The zero-order valence-corrected chi connectivity index (χ0v) is 23.7. The summed E-state index contributed by atoms with van der Waals surface area (Å²) in [5.74, 6) is -0.189. The molecule has 0 saturated heterocycles. The van der Waals surface area contributed by atoms with E-state index in [1.54, 1.807) is 0 Å². The Morgan fingerprint density at radius 3 is 2.33 bits per heavy atom. The van der Waals surface area contributed by atoms with E-state index in [0.717, 1.165) is 58.8 Å². The molecular weight excluding hydrogens is 494 g/mol. The largest absolute Gasteiger partial charge is 0.351 e. The van der Waals surface area contributed by atoms with E-state index in [4.69, 9.17) is 0 Å². The first-order valence-corrected chi connectivity index (χ1v) is 14.8. The maximum atomic E-state index is 14.8. The van der Waals surface area contributed by atoms with Crippen molar-refractivity contribution in [3.8, 4) is 0 Å². The van der Waals surface area contributed by atoms with Crippen LogP contribution in [-0.4, -0.2) is 27.3 Å². The fraction of sp³-hybridized carbons (Fsp3) is 0.371. The third kappa shape index (κ3) is 4.72. The Morgan fingerprint density at radius 1 is 0.875 bits per heavy atom. The highest BCUT2D eigenvalue weighted by molar-refractivity contribution is 6.04. The lowest BCUT2D eigenvalue weighted by molar-refractivity contribution is -0.136. The second-order valence-electron chi connectivity index (χ2n) is 11.7. The molecule has 2 amide bonds. The lowest BCUT2D eigenvalue weighted by Gasteiger charge is -2.47. The zero-order chi connectivity index (χ0) is 27.7. The van der Waals surface area contributed by atoms with Crippen LogP contribution < -0.4 is 5.32 Å². The number of nitrogens with one attached hydrogen (secondary N) is 1. The SMILES string of the molecule is Cc1ccc2cc3n(c2c1)C[C@@](C(=O)NC1CCCCCCC1)(c1ccccc1)N(Cc1ccccc1C)C3=O. The Hall–Kier alpha value is -3.86. The summed E-state index contributed by atoms with van der Waals surface area (Å²) < 4.78 is 2.09. The highest BCUT2D eigenvalue weighted by atomic mass is 16.2. The van der Waals surface area contributed by atoms with Gasteiger partial charge in [-0.15, -0.1) is 0 Å². The van der Waals surface area contributed by atoms with Crippen molar-refractivity contribution < 1.29 is 9.59 Å². The molecule has 2 aliphatic rings. The number of fused-ring (bicyclic) bond motifs is 3. The molecule has 0 spiro atoms. The molecule has 1 aliphatic heterocycles. The van der Waals surface area contributed by atoms with E-state index < -0.39 is 5.54 Å². The smallest absolute Gasteiger partial charge is 0.272 e. The quantitative estimate of drug-likeness (QED) is 0.299. The Labute approximate surface area is 237 Å². The maximum Gasteiger partial charge on any atom is 0.272 e. The van der Waals surface area contributed by atoms with Crippen molar-refractivity contribution in [1.82, 2.24) is 14.8 Å². The Kier molecular flexibility index (Phi) is 7.22. The average molecular weight is 534 g/mol. The first kappa shape index (κ1) is 26.4. The second kappa shape index (κ2) is 11.0. The number of carbonyl (C=O) groups excluding carboxylic acids is 2. The fourth-order valence-corrected chi connectivity index (χ4v) is 6.69. The molecule has 206 valence electrons. The van der Waals surface area contributed by atoms with Crippen LogP contribution in [0.3, 0.4) is 0 Å². The van der Waals surface area contributed by atoms with E-state index in [-0.39, 0.29) is 17.9 Å². The number of aryl methyl sites for hydroxylation is 2. The van der Waals surface area contributed by atoms with Crippen molar-refractivity contribution in [2.24, 2.45) is 0 Å². The van der Waals surface area contributed by atoms with Gasteiger partial charge in [0.2, 0.25) is 0 Å². The lowest BCUT2D eigenvalue weighted by atomic mass is 9.83. The molecule has 1 atom stereocenters. The molecular formula is C35H39N3O2. The maximum absolute atomic E-state index is 14.8. The van der Waals surface area contributed by atoms with Crippen molar-refractivity contribution in [1.29, 1.82) is 0 Å². The summed E-state index contributed by atoms with van der Waals surface area (Å²) in [7, 11) is 0. The number of carbonyl (C=O) groups is 2. The predicted molar refractivity (Wildman–Crippen MR) is 160 cm³/mol. The minimum atomic E-state index is -1.19. The molecule has 1 N–H and O–H groups in total. The van der Waals surface area contributed by atoms with Crippen LogP contribution >= 0.6 is 0 Å². The molecule has 0 unspecified atom stereocenters. The molecule has 5 nitrogen and oxygen atoms in total. The van der Waals surface area contributed by atoms with Gasteiger partial charge < -0.3 is 14.8 Å². The van der Waals surface area contributed by atoms with Gasteiger partial charge in [-0.05, 0) is 61.1 Å². The van der Waals surface area contributed by atoms with Gasteiger partial charge in [0, 0.05) is 23.5 Å². The minimum Gasteiger partial charge on any atom is -0.351 e. The predicted octanol–water partition coefficient (Wildman–Crippen LogP) is 7.04. The summed E-state index contributed by atoms with van der Waals surface area (Å²) >= 11 is 0. The van der Waals surface area contributed by atoms with Crippen LogP contribution in [-0.2, 0) is 23.4 Å². The van der Waals surface area contributed by atoms with Crippen molar-refractivity contribution in [3.05, 3.63) is 107 Å². The van der Waals surface area contributed by atoms with Crippen molar-refractivity contribution in [2.45, 2.75) is 83.5 Å². The third-order valence-electron chi connectivity index (χ3n) is 9.03. The first-order chi connectivity index (χ1) is 19.5. The molecule has 0 radical (unpaired) electrons. The van der Waals surface area contributed by atoms with Gasteiger partial charge in [-0.1, -0.05) is 98.8 Å². The van der Waals surface area contributed by atoms with Gasteiger partial charge >= 0.3 is 0 Å². The number of hydrogen-bond donors (Lipinski definition) is 1. The number of hydrogen-bond acceptors (Lipinski definition) is 2. The summed E-state index contributed by atoms with van der Waals surface area (Å²) in [5, 5.41) is 4.51. The van der Waals surface area contributed by atoms with Crippen LogP contribution in [0, 0.1) is 13.8 Å². The van der Waals surface area contributed by atoms with Crippen molar-refractivity contribution in [2.75, 3.05) is 0 Å². The molecule has 1 saturated carbocycles. The summed E-state index contributed by atoms with van der Waals surface area (Å²) in [4.78, 5) is 31.3.